The number of nitro groups is 1. The van der Waals surface area contributed by atoms with Gasteiger partial charge in [0.15, 0.2) is 0 Å². The van der Waals surface area contributed by atoms with Crippen molar-refractivity contribution < 1.29 is 14.1 Å². The molecule has 2 aromatic heterocycles. The van der Waals surface area contributed by atoms with E-state index in [1.807, 2.05) is 17.5 Å². The molecule has 26 heavy (non-hydrogen) atoms. The molecule has 9 heteroatoms. The highest BCUT2D eigenvalue weighted by atomic mass is 35.5. The van der Waals surface area contributed by atoms with Gasteiger partial charge in [0.2, 0.25) is 5.91 Å². The number of thiophene rings is 1. The molecule has 0 unspecified atom stereocenters. The number of amides is 1. The SMILES string of the molecule is O=C(Cc1cccs1)NN=Cc1ccc(-c2ccc([N+](=O)[O-])cc2Cl)o1. The van der Waals surface area contributed by atoms with Gasteiger partial charge in [0.25, 0.3) is 5.69 Å². The number of hydrogen-bond donors (Lipinski definition) is 1. The summed E-state index contributed by atoms with van der Waals surface area (Å²) < 4.78 is 5.59. The van der Waals surface area contributed by atoms with E-state index in [0.29, 0.717) is 17.1 Å². The van der Waals surface area contributed by atoms with Gasteiger partial charge in [-0.3, -0.25) is 14.9 Å². The lowest BCUT2D eigenvalue weighted by molar-refractivity contribution is -0.384. The summed E-state index contributed by atoms with van der Waals surface area (Å²) in [6.07, 6.45) is 1.63. The molecule has 0 aliphatic heterocycles. The number of nitro benzene ring substituents is 1. The average Bonchev–Trinajstić information content (AvgIpc) is 3.26. The number of nitrogens with one attached hydrogen (secondary N) is 1. The second kappa shape index (κ2) is 7.94. The summed E-state index contributed by atoms with van der Waals surface area (Å²) in [4.78, 5) is 22.9. The molecule has 1 amide bonds. The fraction of sp³-hybridized carbons (Fsp3) is 0.0588. The van der Waals surface area contributed by atoms with Crippen LogP contribution in [0.5, 0.6) is 0 Å². The Kier molecular flexibility index (Phi) is 5.45. The normalized spacial score (nSPS) is 11.0. The van der Waals surface area contributed by atoms with E-state index in [-0.39, 0.29) is 23.0 Å². The number of halogens is 1. The molecule has 3 aromatic rings. The number of carbonyl (C=O) groups excluding carboxylic acids is 1. The maximum Gasteiger partial charge on any atom is 0.270 e. The summed E-state index contributed by atoms with van der Waals surface area (Å²) in [5.41, 5.74) is 2.86. The highest BCUT2D eigenvalue weighted by Gasteiger charge is 2.13. The van der Waals surface area contributed by atoms with E-state index in [2.05, 4.69) is 10.5 Å². The molecule has 0 atom stereocenters. The van der Waals surface area contributed by atoms with E-state index in [4.69, 9.17) is 16.0 Å². The molecule has 0 radical (unpaired) electrons. The molecule has 1 N–H and O–H groups in total. The summed E-state index contributed by atoms with van der Waals surface area (Å²) >= 11 is 7.58. The van der Waals surface area contributed by atoms with Crippen molar-refractivity contribution in [1.29, 1.82) is 0 Å². The van der Waals surface area contributed by atoms with E-state index >= 15 is 0 Å². The third kappa shape index (κ3) is 4.35. The fourth-order valence-corrected chi connectivity index (χ4v) is 3.13. The summed E-state index contributed by atoms with van der Waals surface area (Å²) in [6.45, 7) is 0. The van der Waals surface area contributed by atoms with Gasteiger partial charge in [0, 0.05) is 22.6 Å². The minimum absolute atomic E-state index is 0.0967. The Balaban J connectivity index is 1.64. The van der Waals surface area contributed by atoms with Crippen LogP contribution in [0.3, 0.4) is 0 Å². The largest absolute Gasteiger partial charge is 0.455 e. The van der Waals surface area contributed by atoms with E-state index in [0.717, 1.165) is 4.88 Å². The lowest BCUT2D eigenvalue weighted by atomic mass is 10.1. The zero-order valence-corrected chi connectivity index (χ0v) is 14.8. The van der Waals surface area contributed by atoms with Crippen LogP contribution in [0.2, 0.25) is 5.02 Å². The van der Waals surface area contributed by atoms with Crippen molar-refractivity contribution in [2.24, 2.45) is 5.10 Å². The topological polar surface area (TPSA) is 97.7 Å². The first-order valence-electron chi connectivity index (χ1n) is 7.41. The van der Waals surface area contributed by atoms with Crippen molar-refractivity contribution in [2.75, 3.05) is 0 Å². The number of furan rings is 1. The number of carbonyl (C=O) groups is 1. The monoisotopic (exact) mass is 389 g/mol. The first-order chi connectivity index (χ1) is 12.5. The van der Waals surface area contributed by atoms with E-state index < -0.39 is 4.92 Å². The van der Waals surface area contributed by atoms with Gasteiger partial charge in [-0.2, -0.15) is 5.10 Å². The molecule has 0 bridgehead atoms. The highest BCUT2D eigenvalue weighted by molar-refractivity contribution is 7.10. The van der Waals surface area contributed by atoms with Crippen LogP contribution in [0.1, 0.15) is 10.6 Å². The van der Waals surface area contributed by atoms with Crippen LogP contribution in [-0.2, 0) is 11.2 Å². The van der Waals surface area contributed by atoms with Gasteiger partial charge in [-0.05, 0) is 29.6 Å². The third-order valence-corrected chi connectivity index (χ3v) is 4.54. The van der Waals surface area contributed by atoms with Gasteiger partial charge < -0.3 is 4.42 Å². The number of benzene rings is 1. The predicted molar refractivity (Wildman–Crippen MR) is 99.6 cm³/mol. The Morgan fingerprint density at radius 3 is 2.88 bits per heavy atom. The zero-order chi connectivity index (χ0) is 18.5. The zero-order valence-electron chi connectivity index (χ0n) is 13.2. The minimum atomic E-state index is -0.519. The third-order valence-electron chi connectivity index (χ3n) is 3.35. The van der Waals surface area contributed by atoms with Crippen LogP contribution in [0, 0.1) is 10.1 Å². The molecule has 0 spiro atoms. The van der Waals surface area contributed by atoms with Crippen molar-refractivity contribution in [3.05, 3.63) is 73.6 Å². The lowest BCUT2D eigenvalue weighted by Gasteiger charge is -2.00. The molecule has 3 rings (SSSR count). The van der Waals surface area contributed by atoms with Crippen LogP contribution in [-0.4, -0.2) is 17.0 Å². The second-order valence-electron chi connectivity index (χ2n) is 5.17. The summed E-state index contributed by atoms with van der Waals surface area (Å²) in [7, 11) is 0. The molecule has 0 fully saturated rings. The summed E-state index contributed by atoms with van der Waals surface area (Å²) in [5, 5.41) is 16.7. The van der Waals surface area contributed by atoms with Crippen LogP contribution in [0.15, 0.2) is 57.4 Å². The number of rotatable bonds is 6. The fourth-order valence-electron chi connectivity index (χ4n) is 2.16. The van der Waals surface area contributed by atoms with Crippen LogP contribution in [0.4, 0.5) is 5.69 Å². The molecular weight excluding hydrogens is 378 g/mol. The Labute approximate surface area is 157 Å². The molecule has 1 aromatic carbocycles. The van der Waals surface area contributed by atoms with Gasteiger partial charge in [0.1, 0.15) is 11.5 Å². The summed E-state index contributed by atoms with van der Waals surface area (Å²) in [5.74, 6) is 0.621. The van der Waals surface area contributed by atoms with Crippen molar-refractivity contribution in [3.8, 4) is 11.3 Å². The Hall–Kier alpha value is -2.97. The molecule has 0 saturated carbocycles. The highest BCUT2D eigenvalue weighted by Crippen LogP contribution is 2.31. The van der Waals surface area contributed by atoms with Gasteiger partial charge in [-0.15, -0.1) is 11.3 Å². The van der Waals surface area contributed by atoms with E-state index in [9.17, 15) is 14.9 Å². The standard InChI is InChI=1S/C17H12ClN3O4S/c18-15-8-11(21(23)24)3-5-14(15)16-6-4-12(25-16)10-19-20-17(22)9-13-2-1-7-26-13/h1-8,10H,9H2,(H,20,22). The van der Waals surface area contributed by atoms with Crippen LogP contribution >= 0.6 is 22.9 Å². The Morgan fingerprint density at radius 2 is 2.19 bits per heavy atom. The van der Waals surface area contributed by atoms with Gasteiger partial charge in [-0.25, -0.2) is 5.43 Å². The van der Waals surface area contributed by atoms with Crippen molar-refractivity contribution in [2.45, 2.75) is 6.42 Å². The minimum Gasteiger partial charge on any atom is -0.455 e. The van der Waals surface area contributed by atoms with Crippen molar-refractivity contribution in [3.63, 3.8) is 0 Å². The van der Waals surface area contributed by atoms with E-state index in [1.165, 1.54) is 35.8 Å². The first-order valence-corrected chi connectivity index (χ1v) is 8.67. The lowest BCUT2D eigenvalue weighted by Crippen LogP contribution is -2.19. The molecule has 0 saturated heterocycles. The predicted octanol–water partition coefficient (Wildman–Crippen LogP) is 4.26. The molecule has 0 aliphatic rings. The Bertz CT molecular complexity index is 966. The number of nitrogens with zero attached hydrogens (tertiary/aromatic N) is 2. The second-order valence-corrected chi connectivity index (χ2v) is 6.61. The number of hydrazone groups is 1. The molecule has 2 heterocycles. The number of non-ortho nitro benzene ring substituents is 1. The maximum absolute atomic E-state index is 11.7. The van der Waals surface area contributed by atoms with Gasteiger partial charge >= 0.3 is 0 Å². The van der Waals surface area contributed by atoms with Crippen LogP contribution < -0.4 is 5.43 Å². The van der Waals surface area contributed by atoms with Gasteiger partial charge in [-0.1, -0.05) is 17.7 Å². The molecular formula is C17H12ClN3O4S. The molecule has 132 valence electrons. The smallest absolute Gasteiger partial charge is 0.270 e. The summed E-state index contributed by atoms with van der Waals surface area (Å²) in [6, 6.07) is 11.2. The molecule has 0 aliphatic carbocycles. The average molecular weight is 390 g/mol. The maximum atomic E-state index is 11.7. The quantitative estimate of drug-likeness (QED) is 0.387. The van der Waals surface area contributed by atoms with Crippen molar-refractivity contribution >= 4 is 40.7 Å². The number of hydrogen-bond acceptors (Lipinski definition) is 6. The van der Waals surface area contributed by atoms with Crippen molar-refractivity contribution in [1.82, 2.24) is 5.43 Å². The van der Waals surface area contributed by atoms with E-state index in [1.54, 1.807) is 12.1 Å². The molecule has 7 nitrogen and oxygen atoms in total. The van der Waals surface area contributed by atoms with Crippen LogP contribution in [0.25, 0.3) is 11.3 Å². The van der Waals surface area contributed by atoms with Gasteiger partial charge in [0.05, 0.1) is 22.6 Å². The first kappa shape index (κ1) is 17.8. The Morgan fingerprint density at radius 1 is 1.35 bits per heavy atom.